The number of carboxylic acid groups (broad SMARTS) is 1. The fourth-order valence-electron chi connectivity index (χ4n) is 1.88. The van der Waals surface area contributed by atoms with Gasteiger partial charge in [0.1, 0.15) is 6.04 Å². The number of hydrogen-bond acceptors (Lipinski definition) is 5. The highest BCUT2D eigenvalue weighted by Crippen LogP contribution is 2.17. The zero-order valence-corrected chi connectivity index (χ0v) is 15.4. The summed E-state index contributed by atoms with van der Waals surface area (Å²) >= 11 is 5.63. The number of carbonyl (C=O) groups is 2. The van der Waals surface area contributed by atoms with Crippen molar-refractivity contribution in [1.29, 1.82) is 0 Å². The van der Waals surface area contributed by atoms with Crippen LogP contribution in [0.5, 0.6) is 0 Å². The SMILES string of the molecule is CC(S)CC(=O)N[C@@H](CSCc1ccc(N(C)C)cc1)C(=O)O. The monoisotopic (exact) mass is 356 g/mol. The van der Waals surface area contributed by atoms with E-state index in [0.717, 1.165) is 11.3 Å². The van der Waals surface area contributed by atoms with Crippen LogP contribution in [0.3, 0.4) is 0 Å². The van der Waals surface area contributed by atoms with Crippen LogP contribution in [0, 0.1) is 0 Å². The van der Waals surface area contributed by atoms with Gasteiger partial charge in [0.25, 0.3) is 0 Å². The average Bonchev–Trinajstić information content (AvgIpc) is 2.45. The fraction of sp³-hybridized carbons (Fsp3) is 0.500. The van der Waals surface area contributed by atoms with Crippen molar-refractivity contribution < 1.29 is 14.7 Å². The van der Waals surface area contributed by atoms with E-state index >= 15 is 0 Å². The van der Waals surface area contributed by atoms with E-state index in [0.29, 0.717) is 11.5 Å². The number of hydrogen-bond donors (Lipinski definition) is 3. The van der Waals surface area contributed by atoms with Gasteiger partial charge in [-0.1, -0.05) is 19.1 Å². The van der Waals surface area contributed by atoms with E-state index in [-0.39, 0.29) is 17.6 Å². The summed E-state index contributed by atoms with van der Waals surface area (Å²) in [5, 5.41) is 11.7. The number of carbonyl (C=O) groups excluding carboxylic acids is 1. The van der Waals surface area contributed by atoms with Gasteiger partial charge in [0.15, 0.2) is 0 Å². The minimum Gasteiger partial charge on any atom is -0.480 e. The normalized spacial score (nSPS) is 13.2. The van der Waals surface area contributed by atoms with Crippen molar-refractivity contribution in [2.45, 2.75) is 30.4 Å². The highest BCUT2D eigenvalue weighted by atomic mass is 32.2. The second-order valence-corrected chi connectivity index (χ2v) is 7.50. The summed E-state index contributed by atoms with van der Waals surface area (Å²) in [6, 6.07) is 7.24. The average molecular weight is 357 g/mol. The molecule has 2 N–H and O–H groups in total. The van der Waals surface area contributed by atoms with Crippen LogP contribution in [0.4, 0.5) is 5.69 Å². The highest BCUT2D eigenvalue weighted by molar-refractivity contribution is 7.98. The molecule has 0 aromatic heterocycles. The topological polar surface area (TPSA) is 69.6 Å². The van der Waals surface area contributed by atoms with Gasteiger partial charge in [-0.05, 0) is 17.7 Å². The molecular weight excluding hydrogens is 332 g/mol. The molecule has 0 aliphatic heterocycles. The van der Waals surface area contributed by atoms with Crippen LogP contribution in [-0.2, 0) is 15.3 Å². The van der Waals surface area contributed by atoms with Crippen LogP contribution in [0.2, 0.25) is 0 Å². The third kappa shape index (κ3) is 7.65. The van der Waals surface area contributed by atoms with Gasteiger partial charge < -0.3 is 15.3 Å². The summed E-state index contributed by atoms with van der Waals surface area (Å²) in [6.45, 7) is 1.80. The Morgan fingerprint density at radius 3 is 2.39 bits per heavy atom. The van der Waals surface area contributed by atoms with Crippen molar-refractivity contribution in [3.05, 3.63) is 29.8 Å². The van der Waals surface area contributed by atoms with Crippen molar-refractivity contribution in [1.82, 2.24) is 5.32 Å². The molecule has 1 unspecified atom stereocenters. The van der Waals surface area contributed by atoms with E-state index in [1.807, 2.05) is 43.3 Å². The van der Waals surface area contributed by atoms with Crippen LogP contribution >= 0.6 is 24.4 Å². The molecule has 1 aromatic rings. The first-order chi connectivity index (χ1) is 10.8. The van der Waals surface area contributed by atoms with Gasteiger partial charge in [0, 0.05) is 43.0 Å². The predicted molar refractivity (Wildman–Crippen MR) is 99.6 cm³/mol. The van der Waals surface area contributed by atoms with Crippen molar-refractivity contribution >= 4 is 42.0 Å². The number of benzene rings is 1. The van der Waals surface area contributed by atoms with E-state index < -0.39 is 12.0 Å². The molecule has 0 fully saturated rings. The smallest absolute Gasteiger partial charge is 0.327 e. The molecule has 0 aliphatic rings. The Hall–Kier alpha value is -1.34. The lowest BCUT2D eigenvalue weighted by molar-refractivity contribution is -0.141. The van der Waals surface area contributed by atoms with Crippen molar-refractivity contribution in [3.63, 3.8) is 0 Å². The van der Waals surface area contributed by atoms with E-state index in [2.05, 4.69) is 17.9 Å². The maximum absolute atomic E-state index is 11.7. The zero-order chi connectivity index (χ0) is 17.4. The van der Waals surface area contributed by atoms with Crippen LogP contribution in [0.25, 0.3) is 0 Å². The van der Waals surface area contributed by atoms with Gasteiger partial charge in [-0.15, -0.1) is 0 Å². The predicted octanol–water partition coefficient (Wildman–Crippen LogP) is 2.26. The van der Waals surface area contributed by atoms with Crippen molar-refractivity contribution in [2.75, 3.05) is 24.7 Å². The first kappa shape index (κ1) is 19.7. The quantitative estimate of drug-likeness (QED) is 0.592. The molecule has 1 aromatic carbocycles. The van der Waals surface area contributed by atoms with Crippen LogP contribution in [-0.4, -0.2) is 48.1 Å². The van der Waals surface area contributed by atoms with Crippen LogP contribution < -0.4 is 10.2 Å². The summed E-state index contributed by atoms with van der Waals surface area (Å²) in [6.07, 6.45) is 0.212. The largest absolute Gasteiger partial charge is 0.480 e. The molecule has 0 heterocycles. The molecule has 1 rings (SSSR count). The number of amides is 1. The minimum absolute atomic E-state index is 0.0905. The molecule has 2 atom stereocenters. The van der Waals surface area contributed by atoms with Gasteiger partial charge in [0.2, 0.25) is 5.91 Å². The van der Waals surface area contributed by atoms with Gasteiger partial charge in [-0.2, -0.15) is 24.4 Å². The first-order valence-electron chi connectivity index (χ1n) is 7.34. The van der Waals surface area contributed by atoms with Crippen LogP contribution in [0.15, 0.2) is 24.3 Å². The summed E-state index contributed by atoms with van der Waals surface area (Å²) in [5.41, 5.74) is 2.25. The summed E-state index contributed by atoms with van der Waals surface area (Å²) in [4.78, 5) is 24.9. The number of nitrogens with one attached hydrogen (secondary N) is 1. The van der Waals surface area contributed by atoms with Gasteiger partial charge in [-0.25, -0.2) is 4.79 Å². The molecule has 128 valence electrons. The van der Waals surface area contributed by atoms with E-state index in [4.69, 9.17) is 0 Å². The zero-order valence-electron chi connectivity index (χ0n) is 13.7. The number of anilines is 1. The first-order valence-corrected chi connectivity index (χ1v) is 9.01. The minimum atomic E-state index is -1.01. The third-order valence-electron chi connectivity index (χ3n) is 3.12. The highest BCUT2D eigenvalue weighted by Gasteiger charge is 2.20. The number of aliphatic carboxylic acids is 1. The second-order valence-electron chi connectivity index (χ2n) is 5.59. The molecule has 23 heavy (non-hydrogen) atoms. The van der Waals surface area contributed by atoms with Crippen molar-refractivity contribution in [3.8, 4) is 0 Å². The Morgan fingerprint density at radius 2 is 1.91 bits per heavy atom. The molecular formula is C16H24N2O3S2. The number of thiol groups is 1. The van der Waals surface area contributed by atoms with Gasteiger partial charge >= 0.3 is 5.97 Å². The Morgan fingerprint density at radius 1 is 1.30 bits per heavy atom. The van der Waals surface area contributed by atoms with E-state index in [1.54, 1.807) is 6.92 Å². The summed E-state index contributed by atoms with van der Waals surface area (Å²) < 4.78 is 0. The summed E-state index contributed by atoms with van der Waals surface area (Å²) in [7, 11) is 3.96. The van der Waals surface area contributed by atoms with Gasteiger partial charge in [0.05, 0.1) is 0 Å². The number of thioether (sulfide) groups is 1. The molecule has 7 heteroatoms. The molecule has 0 bridgehead atoms. The molecule has 0 saturated carbocycles. The van der Waals surface area contributed by atoms with Crippen LogP contribution in [0.1, 0.15) is 18.9 Å². The number of carboxylic acids is 1. The third-order valence-corrected chi connectivity index (χ3v) is 4.41. The Kier molecular flexibility index (Phi) is 8.33. The molecule has 0 radical (unpaired) electrons. The maximum Gasteiger partial charge on any atom is 0.327 e. The molecule has 0 aliphatic carbocycles. The Bertz CT molecular complexity index is 519. The van der Waals surface area contributed by atoms with Gasteiger partial charge in [-0.3, -0.25) is 4.79 Å². The lowest BCUT2D eigenvalue weighted by Crippen LogP contribution is -2.43. The molecule has 0 saturated heterocycles. The Balaban J connectivity index is 2.46. The molecule has 5 nitrogen and oxygen atoms in total. The fourth-order valence-corrected chi connectivity index (χ4v) is 3.05. The number of nitrogens with zero attached hydrogens (tertiary/aromatic N) is 1. The standard InChI is InChI=1S/C16H24N2O3S2/c1-11(22)8-15(19)17-14(16(20)21)10-23-9-12-4-6-13(7-5-12)18(2)3/h4-7,11,14,22H,8-10H2,1-3H3,(H,17,19)(H,20,21)/t11?,14-/m0/s1. The van der Waals surface area contributed by atoms with E-state index in [9.17, 15) is 14.7 Å². The molecule has 0 spiro atoms. The molecule has 1 amide bonds. The number of rotatable bonds is 9. The maximum atomic E-state index is 11.7. The summed E-state index contributed by atoms with van der Waals surface area (Å²) in [5.74, 6) is -0.259. The Labute approximate surface area is 147 Å². The lowest BCUT2D eigenvalue weighted by atomic mass is 10.2. The van der Waals surface area contributed by atoms with E-state index in [1.165, 1.54) is 11.8 Å². The second kappa shape index (κ2) is 9.72. The lowest BCUT2D eigenvalue weighted by Gasteiger charge is -2.15. The van der Waals surface area contributed by atoms with Crippen molar-refractivity contribution in [2.24, 2.45) is 0 Å².